The Hall–Kier alpha value is -1.76. The van der Waals surface area contributed by atoms with Crippen molar-refractivity contribution < 1.29 is 28.2 Å². The third-order valence-electron chi connectivity index (χ3n) is 2.81. The molecule has 1 atom stereocenters. The van der Waals surface area contributed by atoms with Gasteiger partial charge in [-0.15, -0.1) is 0 Å². The first kappa shape index (κ1) is 12.7. The number of benzene rings is 1. The van der Waals surface area contributed by atoms with Gasteiger partial charge in [-0.2, -0.15) is 4.39 Å². The Balaban J connectivity index is 2.37. The van der Waals surface area contributed by atoms with Gasteiger partial charge in [0, 0.05) is 13.1 Å². The van der Waals surface area contributed by atoms with Gasteiger partial charge in [0.2, 0.25) is 5.82 Å². The number of hydrogen-bond donors (Lipinski definition) is 2. The Morgan fingerprint density at radius 3 is 2.56 bits per heavy atom. The van der Waals surface area contributed by atoms with Crippen LogP contribution in [0.4, 0.5) is 13.2 Å². The minimum absolute atomic E-state index is 0.00195. The summed E-state index contributed by atoms with van der Waals surface area (Å²) in [4.78, 5) is 12.9. The van der Waals surface area contributed by atoms with Crippen LogP contribution in [0.25, 0.3) is 0 Å². The van der Waals surface area contributed by atoms with Crippen molar-refractivity contribution in [2.75, 3.05) is 13.1 Å². The summed E-state index contributed by atoms with van der Waals surface area (Å²) < 4.78 is 39.3. The van der Waals surface area contributed by atoms with Gasteiger partial charge in [0.25, 0.3) is 5.91 Å². The minimum atomic E-state index is -1.73. The summed E-state index contributed by atoms with van der Waals surface area (Å²) in [7, 11) is 0. The van der Waals surface area contributed by atoms with Gasteiger partial charge in [0.15, 0.2) is 17.4 Å². The summed E-state index contributed by atoms with van der Waals surface area (Å²) in [6.45, 7) is 0.192. The number of halogens is 3. The van der Waals surface area contributed by atoms with Crippen molar-refractivity contribution in [3.8, 4) is 5.75 Å². The van der Waals surface area contributed by atoms with Crippen molar-refractivity contribution in [1.29, 1.82) is 0 Å². The lowest BCUT2D eigenvalue weighted by Gasteiger charge is -2.16. The molecule has 1 fully saturated rings. The van der Waals surface area contributed by atoms with Crippen molar-refractivity contribution >= 4 is 5.91 Å². The molecule has 0 radical (unpaired) electrons. The van der Waals surface area contributed by atoms with Crippen LogP contribution in [0.3, 0.4) is 0 Å². The van der Waals surface area contributed by atoms with Crippen molar-refractivity contribution in [2.24, 2.45) is 0 Å². The van der Waals surface area contributed by atoms with Crippen LogP contribution in [0.2, 0.25) is 0 Å². The zero-order valence-corrected chi connectivity index (χ0v) is 9.16. The number of aliphatic hydroxyl groups excluding tert-OH is 1. The van der Waals surface area contributed by atoms with E-state index < -0.39 is 40.8 Å². The van der Waals surface area contributed by atoms with Crippen LogP contribution >= 0.6 is 0 Å². The molecule has 1 aromatic rings. The monoisotopic (exact) mass is 261 g/mol. The number of aliphatic hydroxyl groups is 1. The van der Waals surface area contributed by atoms with E-state index in [2.05, 4.69) is 0 Å². The number of carbonyl (C=O) groups is 1. The highest BCUT2D eigenvalue weighted by Crippen LogP contribution is 2.27. The first-order valence-corrected chi connectivity index (χ1v) is 5.25. The lowest BCUT2D eigenvalue weighted by Crippen LogP contribution is -2.30. The van der Waals surface area contributed by atoms with Crippen LogP contribution in [-0.2, 0) is 0 Å². The number of hydrogen-bond acceptors (Lipinski definition) is 3. The predicted octanol–water partition coefficient (Wildman–Crippen LogP) is 1.02. The second-order valence-corrected chi connectivity index (χ2v) is 4.08. The van der Waals surface area contributed by atoms with E-state index in [-0.39, 0.29) is 13.1 Å². The molecule has 0 unspecified atom stereocenters. The van der Waals surface area contributed by atoms with Gasteiger partial charge in [0.1, 0.15) is 0 Å². The normalized spacial score (nSPS) is 19.3. The number of amides is 1. The first-order valence-electron chi connectivity index (χ1n) is 5.25. The standard InChI is InChI=1S/C11H10F3NO3/c12-7-3-6(8(13)10(17)9(7)14)11(18)15-2-1-5(16)4-15/h3,5,16-17H,1-2,4H2/t5-/m1/s1. The van der Waals surface area contributed by atoms with E-state index in [1.165, 1.54) is 0 Å². The van der Waals surface area contributed by atoms with E-state index in [0.717, 1.165) is 4.90 Å². The predicted molar refractivity (Wildman–Crippen MR) is 54.5 cm³/mol. The van der Waals surface area contributed by atoms with E-state index in [1.54, 1.807) is 0 Å². The summed E-state index contributed by atoms with van der Waals surface area (Å²) in [5.41, 5.74) is -0.750. The van der Waals surface area contributed by atoms with E-state index in [4.69, 9.17) is 5.11 Å². The SMILES string of the molecule is O=C(c1cc(F)c(F)c(O)c1F)N1CC[C@@H](O)C1. The zero-order valence-electron chi connectivity index (χ0n) is 9.16. The van der Waals surface area contributed by atoms with Crippen molar-refractivity contribution in [3.63, 3.8) is 0 Å². The molecule has 0 spiro atoms. The summed E-state index contributed by atoms with van der Waals surface area (Å²) in [6, 6.07) is 0.400. The summed E-state index contributed by atoms with van der Waals surface area (Å²) in [6.07, 6.45) is -0.376. The lowest BCUT2D eigenvalue weighted by atomic mass is 10.1. The van der Waals surface area contributed by atoms with Gasteiger partial charge in [-0.25, -0.2) is 8.78 Å². The maximum atomic E-state index is 13.5. The maximum Gasteiger partial charge on any atom is 0.257 e. The summed E-state index contributed by atoms with van der Waals surface area (Å²) in [5, 5.41) is 18.2. The highest BCUT2D eigenvalue weighted by Gasteiger charge is 2.30. The smallest absolute Gasteiger partial charge is 0.257 e. The van der Waals surface area contributed by atoms with E-state index >= 15 is 0 Å². The molecule has 4 nitrogen and oxygen atoms in total. The maximum absolute atomic E-state index is 13.5. The number of aromatic hydroxyl groups is 1. The number of rotatable bonds is 1. The molecule has 2 N–H and O–H groups in total. The summed E-state index contributed by atoms with van der Waals surface area (Å²) in [5.74, 6) is -7.14. The fourth-order valence-corrected chi connectivity index (χ4v) is 1.84. The fourth-order valence-electron chi connectivity index (χ4n) is 1.84. The molecule has 2 rings (SSSR count). The molecule has 1 saturated heterocycles. The second kappa shape index (κ2) is 4.49. The van der Waals surface area contributed by atoms with E-state index in [1.807, 2.05) is 0 Å². The molecule has 0 aliphatic carbocycles. The highest BCUT2D eigenvalue weighted by molar-refractivity contribution is 5.95. The largest absolute Gasteiger partial charge is 0.503 e. The van der Waals surface area contributed by atoms with Crippen molar-refractivity contribution in [3.05, 3.63) is 29.1 Å². The van der Waals surface area contributed by atoms with Gasteiger partial charge < -0.3 is 15.1 Å². The van der Waals surface area contributed by atoms with Crippen molar-refractivity contribution in [1.82, 2.24) is 4.90 Å². The lowest BCUT2D eigenvalue weighted by molar-refractivity contribution is 0.0758. The number of carbonyl (C=O) groups excluding carboxylic acids is 1. The fraction of sp³-hybridized carbons (Fsp3) is 0.364. The van der Waals surface area contributed by atoms with Crippen LogP contribution in [0.1, 0.15) is 16.8 Å². The average molecular weight is 261 g/mol. The Bertz CT molecular complexity index is 507. The molecule has 7 heteroatoms. The average Bonchev–Trinajstić information content (AvgIpc) is 2.77. The number of β-amino-alcohol motifs (C(OH)–C–C–N with tert-alkyl or cyclic N) is 1. The topological polar surface area (TPSA) is 60.8 Å². The molecule has 0 bridgehead atoms. The quantitative estimate of drug-likeness (QED) is 0.742. The van der Waals surface area contributed by atoms with E-state index in [9.17, 15) is 23.1 Å². The van der Waals surface area contributed by atoms with Gasteiger partial charge in [-0.3, -0.25) is 4.79 Å². The highest BCUT2D eigenvalue weighted by atomic mass is 19.2. The Labute approximate surface area is 100 Å². The number of nitrogens with zero attached hydrogens (tertiary/aromatic N) is 1. The number of phenols is 1. The molecule has 1 amide bonds. The van der Waals surface area contributed by atoms with Gasteiger partial charge in [0.05, 0.1) is 11.7 Å². The van der Waals surface area contributed by atoms with Gasteiger partial charge in [-0.1, -0.05) is 0 Å². The molecule has 98 valence electrons. The second-order valence-electron chi connectivity index (χ2n) is 4.08. The van der Waals surface area contributed by atoms with Gasteiger partial charge >= 0.3 is 0 Å². The Morgan fingerprint density at radius 2 is 2.00 bits per heavy atom. The molecule has 1 aliphatic heterocycles. The third-order valence-corrected chi connectivity index (χ3v) is 2.81. The van der Waals surface area contributed by atoms with Gasteiger partial charge in [-0.05, 0) is 12.5 Å². The molecule has 1 aliphatic rings. The third kappa shape index (κ3) is 2.01. The zero-order chi connectivity index (χ0) is 13.4. The molecular formula is C11H10F3NO3. The van der Waals surface area contributed by atoms with Crippen LogP contribution < -0.4 is 0 Å². The first-order chi connectivity index (χ1) is 8.41. The van der Waals surface area contributed by atoms with Crippen LogP contribution in [0.15, 0.2) is 6.07 Å². The Morgan fingerprint density at radius 1 is 1.33 bits per heavy atom. The summed E-state index contributed by atoms with van der Waals surface area (Å²) >= 11 is 0. The number of phenolic OH excluding ortho intramolecular Hbond substituents is 1. The number of likely N-dealkylation sites (tertiary alicyclic amines) is 1. The van der Waals surface area contributed by atoms with Crippen LogP contribution in [-0.4, -0.2) is 40.2 Å². The van der Waals surface area contributed by atoms with E-state index in [0.29, 0.717) is 12.5 Å². The molecule has 18 heavy (non-hydrogen) atoms. The molecular weight excluding hydrogens is 251 g/mol. The van der Waals surface area contributed by atoms with Crippen LogP contribution in [0.5, 0.6) is 5.75 Å². The molecule has 1 heterocycles. The van der Waals surface area contributed by atoms with Crippen LogP contribution in [0, 0.1) is 17.5 Å². The minimum Gasteiger partial charge on any atom is -0.503 e. The van der Waals surface area contributed by atoms with Crippen molar-refractivity contribution in [2.45, 2.75) is 12.5 Å². The Kier molecular flexibility index (Phi) is 3.16. The molecule has 0 aromatic heterocycles. The molecule has 1 aromatic carbocycles. The molecule has 0 saturated carbocycles.